The van der Waals surface area contributed by atoms with E-state index in [0.717, 1.165) is 6.42 Å². The quantitative estimate of drug-likeness (QED) is 0.133. The van der Waals surface area contributed by atoms with Crippen LogP contribution in [-0.4, -0.2) is 12.6 Å². The van der Waals surface area contributed by atoms with Crippen LogP contribution < -0.4 is 0 Å². The average molecular weight is 420 g/mol. The van der Waals surface area contributed by atoms with Gasteiger partial charge in [0.15, 0.2) is 0 Å². The Hall–Kier alpha value is 0.104. The first kappa shape index (κ1) is 34.6. The van der Waals surface area contributed by atoms with E-state index in [-0.39, 0.29) is 38.6 Å². The Kier molecular flexibility index (Phi) is 36.3. The summed E-state index contributed by atoms with van der Waals surface area (Å²) in [7, 11) is 0. The molecule has 27 heavy (non-hydrogen) atoms. The summed E-state index contributed by atoms with van der Waals surface area (Å²) in [5.41, 5.74) is 0. The maximum Gasteiger partial charge on any atom is 4.00 e. The van der Waals surface area contributed by atoms with Gasteiger partial charge < -0.3 is 15.7 Å². The molecule has 0 spiro atoms. The molecule has 0 atom stereocenters. The summed E-state index contributed by atoms with van der Waals surface area (Å²) in [6, 6.07) is 0. The molecule has 0 aliphatic carbocycles. The smallest absolute Gasteiger partial charge is 2.00 e. The fraction of sp³-hybridized carbons (Fsp3) is 0.955. The molecule has 0 bridgehead atoms. The van der Waals surface area contributed by atoms with Gasteiger partial charge in [0.2, 0.25) is 0 Å². The number of hydrogen-bond donors (Lipinski definition) is 0. The van der Waals surface area contributed by atoms with Crippen LogP contribution in [0.2, 0.25) is 0 Å². The van der Waals surface area contributed by atoms with Gasteiger partial charge in [-0.05, 0) is 12.3 Å². The predicted octanol–water partition coefficient (Wildman–Crippen LogP) is 7.21. The van der Waals surface area contributed by atoms with Crippen molar-refractivity contribution in [1.82, 2.24) is 0 Å². The maximum absolute atomic E-state index is 11.5. The third kappa shape index (κ3) is 31.0. The normalized spacial score (nSPS) is 9.93. The van der Waals surface area contributed by atoms with Gasteiger partial charge in [-0.25, -0.2) is 0 Å². The van der Waals surface area contributed by atoms with Crippen LogP contribution in [0.15, 0.2) is 0 Å². The second-order valence-corrected chi connectivity index (χ2v) is 7.78. The van der Waals surface area contributed by atoms with Crippen molar-refractivity contribution in [1.29, 1.82) is 0 Å². The summed E-state index contributed by atoms with van der Waals surface area (Å²) in [5, 5.41) is 0. The van der Waals surface area contributed by atoms with Crippen molar-refractivity contribution in [2.24, 2.45) is 5.92 Å². The van der Waals surface area contributed by atoms with Crippen LogP contribution in [-0.2, 0) is 42.2 Å². The Labute approximate surface area is 184 Å². The molecule has 0 aromatic rings. The first-order valence-corrected chi connectivity index (χ1v) is 10.8. The average Bonchev–Trinajstić information content (AvgIpc) is 2.56. The summed E-state index contributed by atoms with van der Waals surface area (Å²) in [4.78, 5) is 11.5. The first-order valence-electron chi connectivity index (χ1n) is 10.8. The number of carbonyl (C=O) groups excluding carboxylic acids is 1. The summed E-state index contributed by atoms with van der Waals surface area (Å²) >= 11 is 0. The van der Waals surface area contributed by atoms with Crippen molar-refractivity contribution >= 4 is 5.97 Å². The van der Waals surface area contributed by atoms with Crippen LogP contribution in [0.4, 0.5) is 0 Å². The number of carbonyl (C=O) groups is 1. The van der Waals surface area contributed by atoms with Crippen LogP contribution >= 0.6 is 0 Å². The van der Waals surface area contributed by atoms with Gasteiger partial charge >= 0.3 is 27.7 Å². The van der Waals surface area contributed by atoms with E-state index in [2.05, 4.69) is 20.8 Å². The molecule has 0 saturated heterocycles. The fourth-order valence-corrected chi connectivity index (χ4v) is 2.97. The van der Waals surface area contributed by atoms with E-state index in [9.17, 15) is 4.79 Å². The standard InChI is InChI=1S/C22H44O2.2O.Ti/c1-4-5-6-7-8-9-10-11-12-13-14-15-16-17-18-19-22(23)24-20-21(2)3;;;/h21H,4-20H2,1-3H3;;;/q;2*-2;+4. The minimum Gasteiger partial charge on any atom is -2.00 e. The molecule has 4 nitrogen and oxygen atoms in total. The van der Waals surface area contributed by atoms with Gasteiger partial charge in [-0.2, -0.15) is 0 Å². The zero-order chi connectivity index (χ0) is 17.9. The van der Waals surface area contributed by atoms with Crippen molar-refractivity contribution in [2.45, 2.75) is 124 Å². The molecule has 0 unspecified atom stereocenters. The van der Waals surface area contributed by atoms with E-state index in [4.69, 9.17) is 4.74 Å². The molecular formula is C22H44O4Ti. The maximum atomic E-state index is 11.5. The SMILES string of the molecule is CCCCCCCCCCCCCCCCCC(=O)OCC(C)C.[O-2].[O-2].[Ti+4]. The molecule has 0 aromatic heterocycles. The number of esters is 1. The number of hydrogen-bond acceptors (Lipinski definition) is 2. The zero-order valence-electron chi connectivity index (χ0n) is 18.2. The second kappa shape index (κ2) is 28.3. The van der Waals surface area contributed by atoms with E-state index in [1.165, 1.54) is 89.9 Å². The van der Waals surface area contributed by atoms with E-state index in [1.54, 1.807) is 0 Å². The van der Waals surface area contributed by atoms with E-state index >= 15 is 0 Å². The molecule has 0 radical (unpaired) electrons. The Morgan fingerprint density at radius 2 is 1.00 bits per heavy atom. The first-order chi connectivity index (χ1) is 11.7. The fourth-order valence-electron chi connectivity index (χ4n) is 2.97. The van der Waals surface area contributed by atoms with Gasteiger partial charge in [0.05, 0.1) is 6.61 Å². The van der Waals surface area contributed by atoms with Gasteiger partial charge in [-0.3, -0.25) is 4.79 Å². The van der Waals surface area contributed by atoms with Gasteiger partial charge in [0, 0.05) is 6.42 Å². The van der Waals surface area contributed by atoms with E-state index in [1.807, 2.05) is 0 Å². The molecule has 0 N–H and O–H groups in total. The Morgan fingerprint density at radius 3 is 1.33 bits per heavy atom. The van der Waals surface area contributed by atoms with Crippen molar-refractivity contribution in [3.8, 4) is 0 Å². The molecule has 160 valence electrons. The van der Waals surface area contributed by atoms with Crippen LogP contribution in [0.3, 0.4) is 0 Å². The Bertz CT molecular complexity index is 273. The molecule has 0 fully saturated rings. The Morgan fingerprint density at radius 1 is 0.667 bits per heavy atom. The van der Waals surface area contributed by atoms with Crippen molar-refractivity contribution in [3.05, 3.63) is 0 Å². The van der Waals surface area contributed by atoms with E-state index in [0.29, 0.717) is 18.9 Å². The Balaban J connectivity index is -0.000000882. The van der Waals surface area contributed by atoms with Gasteiger partial charge in [-0.1, -0.05) is 111 Å². The molecule has 0 amide bonds. The monoisotopic (exact) mass is 420 g/mol. The minimum atomic E-state index is -0.0154. The number of ether oxygens (including phenoxy) is 1. The van der Waals surface area contributed by atoms with E-state index < -0.39 is 0 Å². The van der Waals surface area contributed by atoms with Crippen molar-refractivity contribution < 1.29 is 42.2 Å². The second-order valence-electron chi connectivity index (χ2n) is 7.78. The van der Waals surface area contributed by atoms with Crippen LogP contribution in [0.25, 0.3) is 0 Å². The molecule has 0 rings (SSSR count). The molecule has 0 heterocycles. The van der Waals surface area contributed by atoms with Crippen molar-refractivity contribution in [3.63, 3.8) is 0 Å². The summed E-state index contributed by atoms with van der Waals surface area (Å²) < 4.78 is 5.18. The predicted molar refractivity (Wildman–Crippen MR) is 107 cm³/mol. The van der Waals surface area contributed by atoms with Gasteiger partial charge in [-0.15, -0.1) is 0 Å². The largest absolute Gasteiger partial charge is 4.00 e. The van der Waals surface area contributed by atoms with Crippen LogP contribution in [0.5, 0.6) is 0 Å². The molecule has 0 saturated carbocycles. The third-order valence-electron chi connectivity index (χ3n) is 4.56. The summed E-state index contributed by atoms with van der Waals surface area (Å²) in [6.45, 7) is 6.99. The van der Waals surface area contributed by atoms with Crippen LogP contribution in [0.1, 0.15) is 124 Å². The molecule has 0 aliphatic rings. The minimum absolute atomic E-state index is 0. The summed E-state index contributed by atoms with van der Waals surface area (Å²) in [5.74, 6) is 0.424. The third-order valence-corrected chi connectivity index (χ3v) is 4.56. The molecular weight excluding hydrogens is 376 g/mol. The molecule has 0 aromatic carbocycles. The topological polar surface area (TPSA) is 83.3 Å². The van der Waals surface area contributed by atoms with Gasteiger partial charge in [0.25, 0.3) is 0 Å². The zero-order valence-corrected chi connectivity index (χ0v) is 19.8. The molecule has 5 heteroatoms. The van der Waals surface area contributed by atoms with Crippen LogP contribution in [0, 0.1) is 5.92 Å². The number of unbranched alkanes of at least 4 members (excludes halogenated alkanes) is 14. The summed E-state index contributed by atoms with van der Waals surface area (Å²) in [6.07, 6.45) is 20.9. The van der Waals surface area contributed by atoms with Crippen molar-refractivity contribution in [2.75, 3.05) is 6.61 Å². The van der Waals surface area contributed by atoms with Gasteiger partial charge in [0.1, 0.15) is 0 Å². The molecule has 0 aliphatic heterocycles. The number of rotatable bonds is 18.